The minimum Gasteiger partial charge on any atom is -0.489 e. The van der Waals surface area contributed by atoms with Gasteiger partial charge in [0.15, 0.2) is 6.10 Å². The first-order valence-corrected chi connectivity index (χ1v) is 7.33. The number of aliphatic hydroxyl groups excluding tert-OH is 1. The van der Waals surface area contributed by atoms with Gasteiger partial charge in [-0.1, -0.05) is 23.2 Å². The molecule has 1 aromatic carbocycles. The topological polar surface area (TPSA) is 65.7 Å². The molecule has 0 bridgehead atoms. The molecule has 0 saturated carbocycles. The number of β-amino-alcohol motifs (C(OH)–C–C–N with tert-alkyl or cyclic N) is 1. The van der Waals surface area contributed by atoms with Gasteiger partial charge in [0.1, 0.15) is 18.5 Å². The van der Waals surface area contributed by atoms with E-state index in [0.29, 0.717) is 42.0 Å². The molecular weight excluding hydrogens is 315 g/mol. The van der Waals surface area contributed by atoms with Crippen molar-refractivity contribution >= 4 is 23.2 Å². The van der Waals surface area contributed by atoms with E-state index in [1.54, 1.807) is 18.2 Å². The van der Waals surface area contributed by atoms with Crippen LogP contribution in [0.15, 0.2) is 18.2 Å². The predicted octanol–water partition coefficient (Wildman–Crippen LogP) is 1.96. The van der Waals surface area contributed by atoms with Crippen molar-refractivity contribution in [2.24, 2.45) is 0 Å². The zero-order chi connectivity index (χ0) is 15.2. The lowest BCUT2D eigenvalue weighted by Gasteiger charge is -2.31. The molecule has 0 aromatic heterocycles. The fraction of sp³-hybridized carbons (Fsp3) is 0.500. The van der Waals surface area contributed by atoms with Crippen LogP contribution in [0.1, 0.15) is 0 Å². The maximum Gasteiger partial charge on any atom is 0.156 e. The second-order valence-corrected chi connectivity index (χ2v) is 5.63. The lowest BCUT2D eigenvalue weighted by Crippen LogP contribution is -2.46. The molecule has 5 nitrogen and oxygen atoms in total. The van der Waals surface area contributed by atoms with Crippen LogP contribution in [0.3, 0.4) is 0 Å². The van der Waals surface area contributed by atoms with E-state index in [-0.39, 0.29) is 6.61 Å². The first kappa shape index (κ1) is 16.3. The molecule has 21 heavy (non-hydrogen) atoms. The molecule has 2 atom stereocenters. The van der Waals surface area contributed by atoms with Gasteiger partial charge in [0.25, 0.3) is 0 Å². The number of halogens is 2. The lowest BCUT2D eigenvalue weighted by atomic mass is 10.2. The largest absolute Gasteiger partial charge is 0.489 e. The Balaban J connectivity index is 1.79. The summed E-state index contributed by atoms with van der Waals surface area (Å²) in [5.41, 5.74) is 0. The highest BCUT2D eigenvalue weighted by molar-refractivity contribution is 6.35. The summed E-state index contributed by atoms with van der Waals surface area (Å²) >= 11 is 11.8. The molecule has 1 N–H and O–H groups in total. The third kappa shape index (κ3) is 5.03. The number of hydrogen-bond donors (Lipinski definition) is 1. The quantitative estimate of drug-likeness (QED) is 0.893. The molecule has 1 heterocycles. The highest BCUT2D eigenvalue weighted by atomic mass is 35.5. The molecule has 0 aliphatic carbocycles. The number of morpholine rings is 1. The molecule has 1 aromatic rings. The molecule has 114 valence electrons. The lowest BCUT2D eigenvalue weighted by molar-refractivity contribution is -0.0215. The van der Waals surface area contributed by atoms with Gasteiger partial charge in [0.2, 0.25) is 0 Å². The molecule has 2 unspecified atom stereocenters. The highest BCUT2D eigenvalue weighted by Crippen LogP contribution is 2.27. The third-order valence-electron chi connectivity index (χ3n) is 3.09. The Morgan fingerprint density at radius 2 is 2.33 bits per heavy atom. The molecule has 2 rings (SSSR count). The summed E-state index contributed by atoms with van der Waals surface area (Å²) < 4.78 is 10.7. The summed E-state index contributed by atoms with van der Waals surface area (Å²) in [6, 6.07) is 7.00. The number of rotatable bonds is 5. The molecule has 1 saturated heterocycles. The summed E-state index contributed by atoms with van der Waals surface area (Å²) in [5.74, 6) is 0.483. The number of nitriles is 1. The van der Waals surface area contributed by atoms with Gasteiger partial charge < -0.3 is 14.6 Å². The van der Waals surface area contributed by atoms with Crippen molar-refractivity contribution in [3.05, 3.63) is 28.2 Å². The summed E-state index contributed by atoms with van der Waals surface area (Å²) in [4.78, 5) is 1.98. The number of nitrogens with zero attached hydrogens (tertiary/aromatic N) is 2. The molecular formula is C14H16Cl2N2O3. The molecule has 0 spiro atoms. The zero-order valence-electron chi connectivity index (χ0n) is 11.3. The Morgan fingerprint density at radius 1 is 1.52 bits per heavy atom. The van der Waals surface area contributed by atoms with Crippen molar-refractivity contribution in [1.82, 2.24) is 4.90 Å². The smallest absolute Gasteiger partial charge is 0.156 e. The van der Waals surface area contributed by atoms with Crippen LogP contribution in [0.2, 0.25) is 10.0 Å². The minimum absolute atomic E-state index is 0.121. The Hall–Kier alpha value is -1.03. The zero-order valence-corrected chi connectivity index (χ0v) is 12.8. The van der Waals surface area contributed by atoms with Crippen LogP contribution in [-0.2, 0) is 4.74 Å². The van der Waals surface area contributed by atoms with Crippen LogP contribution in [-0.4, -0.2) is 55.1 Å². The average molecular weight is 331 g/mol. The van der Waals surface area contributed by atoms with Crippen molar-refractivity contribution < 1.29 is 14.6 Å². The predicted molar refractivity (Wildman–Crippen MR) is 79.8 cm³/mol. The Morgan fingerprint density at radius 3 is 3.05 bits per heavy atom. The highest BCUT2D eigenvalue weighted by Gasteiger charge is 2.22. The molecule has 0 radical (unpaired) electrons. The van der Waals surface area contributed by atoms with Crippen LogP contribution in [0.25, 0.3) is 0 Å². The van der Waals surface area contributed by atoms with Crippen LogP contribution in [0, 0.1) is 11.3 Å². The van der Waals surface area contributed by atoms with Gasteiger partial charge >= 0.3 is 0 Å². The van der Waals surface area contributed by atoms with E-state index in [0.717, 1.165) is 0 Å². The van der Waals surface area contributed by atoms with Crippen LogP contribution >= 0.6 is 23.2 Å². The Kier molecular flexibility index (Phi) is 6.09. The van der Waals surface area contributed by atoms with Gasteiger partial charge in [0, 0.05) is 24.7 Å². The van der Waals surface area contributed by atoms with Crippen molar-refractivity contribution in [2.45, 2.75) is 12.2 Å². The van der Waals surface area contributed by atoms with Crippen LogP contribution in [0.5, 0.6) is 5.75 Å². The maximum atomic E-state index is 10.0. The van der Waals surface area contributed by atoms with Crippen molar-refractivity contribution in [3.63, 3.8) is 0 Å². The average Bonchev–Trinajstić information content (AvgIpc) is 2.46. The number of aliphatic hydroxyl groups is 1. The van der Waals surface area contributed by atoms with E-state index in [2.05, 4.69) is 6.07 Å². The first-order valence-electron chi connectivity index (χ1n) is 6.58. The fourth-order valence-corrected chi connectivity index (χ4v) is 2.54. The second kappa shape index (κ2) is 7.83. The van der Waals surface area contributed by atoms with Crippen molar-refractivity contribution in [2.75, 3.05) is 32.8 Å². The van der Waals surface area contributed by atoms with E-state index < -0.39 is 12.2 Å². The van der Waals surface area contributed by atoms with Gasteiger partial charge in [-0.05, 0) is 18.2 Å². The van der Waals surface area contributed by atoms with Gasteiger partial charge in [-0.3, -0.25) is 4.90 Å². The van der Waals surface area contributed by atoms with Gasteiger partial charge in [0.05, 0.1) is 17.7 Å². The van der Waals surface area contributed by atoms with E-state index in [9.17, 15) is 5.11 Å². The Labute approximate surface area is 133 Å². The van der Waals surface area contributed by atoms with Gasteiger partial charge in [-0.15, -0.1) is 0 Å². The van der Waals surface area contributed by atoms with Gasteiger partial charge in [-0.2, -0.15) is 5.26 Å². The summed E-state index contributed by atoms with van der Waals surface area (Å²) in [6.07, 6.45) is -1.10. The van der Waals surface area contributed by atoms with E-state index in [1.165, 1.54) is 0 Å². The summed E-state index contributed by atoms with van der Waals surface area (Å²) in [6.45, 7) is 2.23. The van der Waals surface area contributed by atoms with Crippen molar-refractivity contribution in [1.29, 1.82) is 5.26 Å². The van der Waals surface area contributed by atoms with E-state index in [4.69, 9.17) is 37.9 Å². The molecule has 0 amide bonds. The maximum absolute atomic E-state index is 10.0. The number of ether oxygens (including phenoxy) is 2. The van der Waals surface area contributed by atoms with Gasteiger partial charge in [-0.25, -0.2) is 0 Å². The second-order valence-electron chi connectivity index (χ2n) is 4.79. The number of hydrogen-bond acceptors (Lipinski definition) is 5. The van der Waals surface area contributed by atoms with Crippen molar-refractivity contribution in [3.8, 4) is 11.8 Å². The summed E-state index contributed by atoms with van der Waals surface area (Å²) in [5, 5.41) is 19.8. The van der Waals surface area contributed by atoms with E-state index >= 15 is 0 Å². The first-order chi connectivity index (χ1) is 10.1. The molecule has 1 fully saturated rings. The summed E-state index contributed by atoms with van der Waals surface area (Å²) in [7, 11) is 0. The Bertz CT molecular complexity index is 521. The third-order valence-corrected chi connectivity index (χ3v) is 3.62. The fourth-order valence-electron chi connectivity index (χ4n) is 2.08. The van der Waals surface area contributed by atoms with Crippen LogP contribution in [0.4, 0.5) is 0 Å². The van der Waals surface area contributed by atoms with Crippen LogP contribution < -0.4 is 4.74 Å². The molecule has 7 heteroatoms. The normalized spacial score (nSPS) is 20.8. The number of benzene rings is 1. The molecule has 1 aliphatic rings. The SMILES string of the molecule is N#CC1CN(CC(O)COc2ccc(Cl)cc2Cl)CCO1. The standard InChI is InChI=1S/C14H16Cl2N2O3/c15-10-1-2-14(13(16)5-10)21-9-11(19)7-18-3-4-20-12(6-17)8-18/h1-2,5,11-12,19H,3-4,7-9H2. The minimum atomic E-state index is -0.672. The molecule has 1 aliphatic heterocycles. The van der Waals surface area contributed by atoms with E-state index in [1.807, 2.05) is 4.90 Å². The monoisotopic (exact) mass is 330 g/mol.